The van der Waals surface area contributed by atoms with Gasteiger partial charge in [-0.1, -0.05) is 6.92 Å². The van der Waals surface area contributed by atoms with Crippen LogP contribution in [0, 0.1) is 5.92 Å². The molecule has 1 spiro atoms. The van der Waals surface area contributed by atoms with Crippen molar-refractivity contribution in [2.24, 2.45) is 10.9 Å². The van der Waals surface area contributed by atoms with Gasteiger partial charge in [0.15, 0.2) is 12.5 Å². The molecule has 0 amide bonds. The van der Waals surface area contributed by atoms with Crippen molar-refractivity contribution in [2.75, 3.05) is 41.1 Å². The van der Waals surface area contributed by atoms with Gasteiger partial charge in [-0.2, -0.15) is 0 Å². The molecule has 3 aliphatic heterocycles. The first-order chi connectivity index (χ1) is 24.6. The third-order valence-corrected chi connectivity index (χ3v) is 12.8. The minimum absolute atomic E-state index is 0.0988. The number of nitrogens with one attached hydrogen (secondary N) is 2. The van der Waals surface area contributed by atoms with Crippen molar-refractivity contribution in [3.63, 3.8) is 0 Å². The Labute approximate surface area is 301 Å². The molecule has 21 heteroatoms. The first-order valence-corrected chi connectivity index (χ1v) is 19.9. The summed E-state index contributed by atoms with van der Waals surface area (Å²) in [7, 11) is -1.86. The topological polar surface area (TPSA) is 216 Å². The van der Waals surface area contributed by atoms with Crippen molar-refractivity contribution < 1.29 is 41.6 Å². The van der Waals surface area contributed by atoms with Gasteiger partial charge in [0.2, 0.25) is 0 Å². The second kappa shape index (κ2) is 16.4. The van der Waals surface area contributed by atoms with E-state index < -0.39 is 99.7 Å². The number of fused-ring (bicyclic) bond motifs is 1. The number of phosphoric ester groups is 1. The molecular formula is C31H48N6O13P2. The van der Waals surface area contributed by atoms with E-state index in [9.17, 15) is 23.7 Å². The minimum atomic E-state index is -4.50. The van der Waals surface area contributed by atoms with Gasteiger partial charge >= 0.3 is 19.2 Å². The highest BCUT2D eigenvalue weighted by atomic mass is 31.2. The zero-order valence-electron chi connectivity index (χ0n) is 30.6. The number of methoxy groups -OCH3 is 2. The Bertz CT molecular complexity index is 1860. The number of aliphatic imine (C=N–C) groups is 1. The van der Waals surface area contributed by atoms with Crippen LogP contribution in [0.4, 0.5) is 0 Å². The van der Waals surface area contributed by atoms with E-state index in [4.69, 9.17) is 42.0 Å². The Hall–Kier alpha value is -2.67. The number of hydrogen-bond acceptors (Lipinski definition) is 15. The maximum absolute atomic E-state index is 14.4. The number of H-pyrrole nitrogens is 2. The maximum Gasteiger partial charge on any atom is 0.475 e. The molecule has 2 saturated heterocycles. The van der Waals surface area contributed by atoms with Crippen molar-refractivity contribution in [1.29, 1.82) is 0 Å². The van der Waals surface area contributed by atoms with Gasteiger partial charge < -0.3 is 23.5 Å². The molecule has 11 atom stereocenters. The fourth-order valence-corrected chi connectivity index (χ4v) is 10.3. The molecule has 0 radical (unpaired) electrons. The van der Waals surface area contributed by atoms with Gasteiger partial charge in [-0.25, -0.2) is 14.2 Å². The van der Waals surface area contributed by atoms with E-state index >= 15 is 0 Å². The lowest BCUT2D eigenvalue weighted by Crippen LogP contribution is -2.51. The molecular weight excluding hydrogens is 726 g/mol. The number of nitrogens with zero attached hydrogens (tertiary/aromatic N) is 4. The normalized spacial score (nSPS) is 34.6. The van der Waals surface area contributed by atoms with E-state index in [1.807, 2.05) is 6.66 Å². The standard InChI is InChI=1S/C31H48N6O13P2/c1-17(2)37(18(3)4)51(9)49-26-25(44-7)28(36-13-11-21(39)34-30(36)41)48-31(26)15-32-14-19(5)22-23(50-52(42,45-8)46-16-31)24(43-6)27(47-22)35-12-10-20(38)33-29(35)40/h10-14,17-19,22-28H,15-16H2,1-9H3,(H,33,38,40)(H,34,39,41)/t19-,22+,23+,24+,25+,26-,27+,28+,31+,51?,52?/m0/s1. The third-order valence-electron chi connectivity index (χ3n) is 9.28. The highest BCUT2D eigenvalue weighted by Gasteiger charge is 2.60. The van der Waals surface area contributed by atoms with Crippen LogP contribution < -0.4 is 22.5 Å². The number of phosphoric acid groups is 1. The zero-order valence-corrected chi connectivity index (χ0v) is 32.4. The molecule has 3 aliphatic rings. The quantitative estimate of drug-likeness (QED) is 0.328. The van der Waals surface area contributed by atoms with Crippen molar-refractivity contribution >= 4 is 22.3 Å². The molecule has 0 saturated carbocycles. The fraction of sp³-hybridized carbons (Fsp3) is 0.710. The number of rotatable bonds is 10. The Kier molecular flexibility index (Phi) is 12.8. The Balaban J connectivity index is 1.59. The van der Waals surface area contributed by atoms with E-state index in [-0.39, 0.29) is 18.6 Å². The maximum atomic E-state index is 14.4. The number of hydrogen-bond donors (Lipinski definition) is 2. The molecule has 19 nitrogen and oxygen atoms in total. The summed E-state index contributed by atoms with van der Waals surface area (Å²) in [6.45, 7) is 11.3. The van der Waals surface area contributed by atoms with E-state index in [1.54, 1.807) is 13.1 Å². The molecule has 2 fully saturated rings. The summed E-state index contributed by atoms with van der Waals surface area (Å²) in [4.78, 5) is 58.8. The molecule has 52 heavy (non-hydrogen) atoms. The van der Waals surface area contributed by atoms with Crippen molar-refractivity contribution in [2.45, 2.75) is 95.3 Å². The van der Waals surface area contributed by atoms with Gasteiger partial charge in [0.25, 0.3) is 11.1 Å². The number of aromatic amines is 2. The highest BCUT2D eigenvalue weighted by Crippen LogP contribution is 2.56. The molecule has 2 N–H and O–H groups in total. The fourth-order valence-electron chi connectivity index (χ4n) is 7.05. The molecule has 2 aromatic heterocycles. The van der Waals surface area contributed by atoms with Crippen LogP contribution in [0.25, 0.3) is 0 Å². The summed E-state index contributed by atoms with van der Waals surface area (Å²) in [5.74, 6) is -0.552. The summed E-state index contributed by atoms with van der Waals surface area (Å²) < 4.78 is 68.1. The Morgan fingerprint density at radius 3 is 2.04 bits per heavy atom. The molecule has 290 valence electrons. The van der Waals surface area contributed by atoms with Gasteiger partial charge in [-0.3, -0.25) is 51.9 Å². The predicted octanol–water partition coefficient (Wildman–Crippen LogP) is 1.60. The summed E-state index contributed by atoms with van der Waals surface area (Å²) >= 11 is 0. The Morgan fingerprint density at radius 1 is 0.942 bits per heavy atom. The smallest absolute Gasteiger partial charge is 0.374 e. The molecule has 5 heterocycles. The van der Waals surface area contributed by atoms with Crippen LogP contribution in [0.3, 0.4) is 0 Å². The predicted molar refractivity (Wildman–Crippen MR) is 189 cm³/mol. The number of aromatic nitrogens is 4. The van der Waals surface area contributed by atoms with E-state index in [1.165, 1.54) is 37.2 Å². The summed E-state index contributed by atoms with van der Waals surface area (Å²) in [5, 5.41) is 0. The summed E-state index contributed by atoms with van der Waals surface area (Å²) in [6, 6.07) is 2.55. The van der Waals surface area contributed by atoms with Crippen LogP contribution in [0.5, 0.6) is 0 Å². The van der Waals surface area contributed by atoms with Crippen molar-refractivity contribution in [1.82, 2.24) is 23.8 Å². The second-order valence-electron chi connectivity index (χ2n) is 13.4. The van der Waals surface area contributed by atoms with Crippen LogP contribution in [-0.2, 0) is 41.6 Å². The van der Waals surface area contributed by atoms with Gasteiger partial charge in [-0.05, 0) is 34.4 Å². The van der Waals surface area contributed by atoms with Crippen LogP contribution in [-0.4, -0.2) is 119 Å². The summed E-state index contributed by atoms with van der Waals surface area (Å²) in [6.07, 6.45) is -3.03. The van der Waals surface area contributed by atoms with Gasteiger partial charge in [0.1, 0.15) is 38.3 Å². The van der Waals surface area contributed by atoms with Crippen LogP contribution in [0.15, 0.2) is 48.7 Å². The molecule has 0 aromatic carbocycles. The zero-order chi connectivity index (χ0) is 38.1. The molecule has 0 aliphatic carbocycles. The Morgan fingerprint density at radius 2 is 1.52 bits per heavy atom. The summed E-state index contributed by atoms with van der Waals surface area (Å²) in [5.41, 5.74) is -4.23. The minimum Gasteiger partial charge on any atom is -0.374 e. The average Bonchev–Trinajstić information content (AvgIpc) is 3.57. The van der Waals surface area contributed by atoms with Crippen LogP contribution in [0.1, 0.15) is 47.1 Å². The lowest BCUT2D eigenvalue weighted by Gasteiger charge is -2.40. The van der Waals surface area contributed by atoms with E-state index in [2.05, 4.69) is 42.3 Å². The molecule has 2 unspecified atom stereocenters. The van der Waals surface area contributed by atoms with Crippen LogP contribution >= 0.6 is 16.1 Å². The van der Waals surface area contributed by atoms with Gasteiger partial charge in [0.05, 0.1) is 19.3 Å². The van der Waals surface area contributed by atoms with Crippen molar-refractivity contribution in [3.8, 4) is 0 Å². The lowest BCUT2D eigenvalue weighted by molar-refractivity contribution is -0.120. The first kappa shape index (κ1) is 40.5. The van der Waals surface area contributed by atoms with Gasteiger partial charge in [0, 0.05) is 70.1 Å². The van der Waals surface area contributed by atoms with E-state index in [0.717, 1.165) is 17.7 Å². The van der Waals surface area contributed by atoms with Crippen molar-refractivity contribution in [3.05, 3.63) is 66.2 Å². The van der Waals surface area contributed by atoms with Gasteiger partial charge in [-0.15, -0.1) is 0 Å². The third kappa shape index (κ3) is 8.05. The highest BCUT2D eigenvalue weighted by molar-refractivity contribution is 7.49. The first-order valence-electron chi connectivity index (χ1n) is 16.8. The average molecular weight is 775 g/mol. The van der Waals surface area contributed by atoms with Crippen LogP contribution in [0.2, 0.25) is 0 Å². The second-order valence-corrected chi connectivity index (χ2v) is 16.7. The SMILES string of the molecule is CO[C@@H]1[C@@H]2OP(=O)(OC)OC[C@@]3(CN=C[C@H](C)[C@H]2O[C@H]1n1ccc(=O)[nH]c1=O)O[C@@H](n1ccc(=O)[nH]c1=O)[C@H](OC)[C@@H]3OP(C)N(C(C)C)C(C)C. The molecule has 0 bridgehead atoms. The number of ether oxygens (including phenoxy) is 4. The largest absolute Gasteiger partial charge is 0.475 e. The van der Waals surface area contributed by atoms with E-state index in [0.29, 0.717) is 0 Å². The lowest BCUT2D eigenvalue weighted by atomic mass is 9.95. The monoisotopic (exact) mass is 774 g/mol. The molecule has 5 rings (SSSR count). The molecule has 2 aromatic rings.